The maximum atomic E-state index is 5.65. The molecule has 2 rings (SSSR count). The Kier molecular flexibility index (Phi) is 3.53. The second kappa shape index (κ2) is 4.94. The molecule has 0 atom stereocenters. The number of nitrogens with zero attached hydrogens (tertiary/aromatic N) is 2. The van der Waals surface area contributed by atoms with E-state index in [1.807, 2.05) is 11.7 Å². The van der Waals surface area contributed by atoms with Gasteiger partial charge in [0.1, 0.15) is 0 Å². The highest BCUT2D eigenvalue weighted by Crippen LogP contribution is 2.26. The molecule has 2 N–H and O–H groups in total. The van der Waals surface area contributed by atoms with Crippen molar-refractivity contribution in [2.75, 3.05) is 6.54 Å². The first-order valence-corrected chi connectivity index (χ1v) is 6.34. The molecule has 0 spiro atoms. The SMILES string of the molecule is Cc1ccc(-c2nn(C)c(CCN)c2C)cc1C. The third-order valence-corrected chi connectivity index (χ3v) is 3.59. The predicted octanol–water partition coefficient (Wildman–Crippen LogP) is 2.51. The number of benzene rings is 1. The van der Waals surface area contributed by atoms with Crippen LogP contribution in [0.2, 0.25) is 0 Å². The minimum atomic E-state index is 0.659. The number of rotatable bonds is 3. The van der Waals surface area contributed by atoms with Crippen molar-refractivity contribution in [3.05, 3.63) is 40.6 Å². The zero-order valence-electron chi connectivity index (χ0n) is 11.6. The summed E-state index contributed by atoms with van der Waals surface area (Å²) in [5.41, 5.74) is 13.0. The Hall–Kier alpha value is -1.61. The molecule has 1 aromatic carbocycles. The maximum absolute atomic E-state index is 5.65. The van der Waals surface area contributed by atoms with Crippen molar-refractivity contribution in [2.45, 2.75) is 27.2 Å². The quantitative estimate of drug-likeness (QED) is 0.900. The highest BCUT2D eigenvalue weighted by atomic mass is 15.3. The van der Waals surface area contributed by atoms with E-state index in [9.17, 15) is 0 Å². The van der Waals surface area contributed by atoms with Crippen LogP contribution in [0.5, 0.6) is 0 Å². The highest BCUT2D eigenvalue weighted by molar-refractivity contribution is 5.65. The van der Waals surface area contributed by atoms with Gasteiger partial charge in [0, 0.05) is 24.7 Å². The molecule has 0 saturated carbocycles. The van der Waals surface area contributed by atoms with Crippen LogP contribution in [0, 0.1) is 20.8 Å². The van der Waals surface area contributed by atoms with E-state index in [4.69, 9.17) is 5.73 Å². The van der Waals surface area contributed by atoms with Crippen molar-refractivity contribution in [3.8, 4) is 11.3 Å². The van der Waals surface area contributed by atoms with Gasteiger partial charge in [-0.2, -0.15) is 5.10 Å². The summed E-state index contributed by atoms with van der Waals surface area (Å²) in [5.74, 6) is 0. The van der Waals surface area contributed by atoms with Crippen molar-refractivity contribution in [1.82, 2.24) is 9.78 Å². The monoisotopic (exact) mass is 243 g/mol. The van der Waals surface area contributed by atoms with Gasteiger partial charge >= 0.3 is 0 Å². The Morgan fingerprint density at radius 3 is 2.50 bits per heavy atom. The molecule has 96 valence electrons. The summed E-state index contributed by atoms with van der Waals surface area (Å²) >= 11 is 0. The van der Waals surface area contributed by atoms with E-state index in [-0.39, 0.29) is 0 Å². The van der Waals surface area contributed by atoms with E-state index in [1.54, 1.807) is 0 Å². The van der Waals surface area contributed by atoms with Crippen LogP contribution >= 0.6 is 0 Å². The molecule has 0 bridgehead atoms. The molecule has 2 aromatic rings. The lowest BCUT2D eigenvalue weighted by Crippen LogP contribution is -2.08. The molecule has 0 fully saturated rings. The minimum Gasteiger partial charge on any atom is -0.330 e. The van der Waals surface area contributed by atoms with Gasteiger partial charge in [-0.3, -0.25) is 4.68 Å². The van der Waals surface area contributed by atoms with Gasteiger partial charge < -0.3 is 5.73 Å². The van der Waals surface area contributed by atoms with Crippen molar-refractivity contribution >= 4 is 0 Å². The van der Waals surface area contributed by atoms with Crippen LogP contribution < -0.4 is 5.73 Å². The average molecular weight is 243 g/mol. The first-order chi connectivity index (χ1) is 8.54. The number of hydrogen-bond donors (Lipinski definition) is 1. The number of hydrogen-bond acceptors (Lipinski definition) is 2. The van der Waals surface area contributed by atoms with Gasteiger partial charge in [0.05, 0.1) is 5.69 Å². The lowest BCUT2D eigenvalue weighted by atomic mass is 10.0. The summed E-state index contributed by atoms with van der Waals surface area (Å²) in [6.45, 7) is 7.05. The van der Waals surface area contributed by atoms with Crippen LogP contribution in [0.4, 0.5) is 0 Å². The van der Waals surface area contributed by atoms with Gasteiger partial charge in [-0.05, 0) is 50.1 Å². The van der Waals surface area contributed by atoms with Gasteiger partial charge in [0.2, 0.25) is 0 Å². The van der Waals surface area contributed by atoms with Crippen LogP contribution in [-0.4, -0.2) is 16.3 Å². The fourth-order valence-corrected chi connectivity index (χ4v) is 2.31. The third kappa shape index (κ3) is 2.18. The molecule has 0 amide bonds. The van der Waals surface area contributed by atoms with Gasteiger partial charge in [-0.1, -0.05) is 12.1 Å². The Bertz CT molecular complexity index is 567. The van der Waals surface area contributed by atoms with Crippen LogP contribution in [-0.2, 0) is 13.5 Å². The van der Waals surface area contributed by atoms with Crippen molar-refractivity contribution in [3.63, 3.8) is 0 Å². The standard InChI is InChI=1S/C15H21N3/c1-10-5-6-13(9-11(10)2)15-12(3)14(7-8-16)18(4)17-15/h5-6,9H,7-8,16H2,1-4H3. The molecule has 0 aliphatic rings. The molecule has 18 heavy (non-hydrogen) atoms. The molecule has 3 heteroatoms. The van der Waals surface area contributed by atoms with Crippen LogP contribution in [0.1, 0.15) is 22.4 Å². The predicted molar refractivity (Wildman–Crippen MR) is 75.6 cm³/mol. The Balaban J connectivity index is 2.50. The van der Waals surface area contributed by atoms with Gasteiger partial charge in [-0.15, -0.1) is 0 Å². The third-order valence-electron chi connectivity index (χ3n) is 3.59. The van der Waals surface area contributed by atoms with E-state index < -0.39 is 0 Å². The van der Waals surface area contributed by atoms with E-state index in [2.05, 4.69) is 44.1 Å². The first kappa shape index (κ1) is 12.8. The van der Waals surface area contributed by atoms with Gasteiger partial charge in [-0.25, -0.2) is 0 Å². The highest BCUT2D eigenvalue weighted by Gasteiger charge is 2.13. The summed E-state index contributed by atoms with van der Waals surface area (Å²) in [5, 5.41) is 4.63. The van der Waals surface area contributed by atoms with Crippen LogP contribution in [0.3, 0.4) is 0 Å². The zero-order valence-corrected chi connectivity index (χ0v) is 11.6. The second-order valence-corrected chi connectivity index (χ2v) is 4.88. The fourth-order valence-electron chi connectivity index (χ4n) is 2.31. The Morgan fingerprint density at radius 2 is 1.89 bits per heavy atom. The topological polar surface area (TPSA) is 43.8 Å². The maximum Gasteiger partial charge on any atom is 0.0955 e. The molecule has 0 radical (unpaired) electrons. The molecule has 1 aromatic heterocycles. The molecule has 0 aliphatic heterocycles. The molecule has 0 unspecified atom stereocenters. The second-order valence-electron chi connectivity index (χ2n) is 4.88. The summed E-state index contributed by atoms with van der Waals surface area (Å²) in [4.78, 5) is 0. The smallest absolute Gasteiger partial charge is 0.0955 e. The summed E-state index contributed by atoms with van der Waals surface area (Å²) in [7, 11) is 1.99. The van der Waals surface area contributed by atoms with Crippen LogP contribution in [0.15, 0.2) is 18.2 Å². The number of aromatic nitrogens is 2. The summed E-state index contributed by atoms with van der Waals surface area (Å²) < 4.78 is 1.95. The van der Waals surface area contributed by atoms with Crippen molar-refractivity contribution < 1.29 is 0 Å². The molecular weight excluding hydrogens is 222 g/mol. The zero-order chi connectivity index (χ0) is 13.3. The van der Waals surface area contributed by atoms with Crippen molar-refractivity contribution in [2.24, 2.45) is 12.8 Å². The van der Waals surface area contributed by atoms with Crippen molar-refractivity contribution in [1.29, 1.82) is 0 Å². The normalized spacial score (nSPS) is 10.9. The summed E-state index contributed by atoms with van der Waals surface area (Å²) in [6.07, 6.45) is 0.875. The number of aryl methyl sites for hydroxylation is 3. The van der Waals surface area contributed by atoms with E-state index >= 15 is 0 Å². The largest absolute Gasteiger partial charge is 0.330 e. The average Bonchev–Trinajstić information content (AvgIpc) is 2.61. The lowest BCUT2D eigenvalue weighted by molar-refractivity contribution is 0.706. The minimum absolute atomic E-state index is 0.659. The molecule has 3 nitrogen and oxygen atoms in total. The first-order valence-electron chi connectivity index (χ1n) is 6.34. The van der Waals surface area contributed by atoms with Gasteiger partial charge in [0.15, 0.2) is 0 Å². The van der Waals surface area contributed by atoms with E-state index in [0.717, 1.165) is 12.1 Å². The van der Waals surface area contributed by atoms with Gasteiger partial charge in [0.25, 0.3) is 0 Å². The molecule has 1 heterocycles. The Labute approximate surface area is 109 Å². The Morgan fingerprint density at radius 1 is 1.17 bits per heavy atom. The molecular formula is C15H21N3. The molecule has 0 aliphatic carbocycles. The fraction of sp³-hybridized carbons (Fsp3) is 0.400. The van der Waals surface area contributed by atoms with Crippen LogP contribution in [0.25, 0.3) is 11.3 Å². The number of nitrogens with two attached hydrogens (primary N) is 1. The lowest BCUT2D eigenvalue weighted by Gasteiger charge is -2.04. The van der Waals surface area contributed by atoms with E-state index in [0.29, 0.717) is 6.54 Å². The van der Waals surface area contributed by atoms with E-state index in [1.165, 1.54) is 27.9 Å². The molecule has 0 saturated heterocycles. The summed E-state index contributed by atoms with van der Waals surface area (Å²) in [6, 6.07) is 6.50.